The molecule has 4 aliphatic rings. The van der Waals surface area contributed by atoms with Crippen molar-refractivity contribution in [3.8, 4) is 0 Å². The summed E-state index contributed by atoms with van der Waals surface area (Å²) < 4.78 is 0. The summed E-state index contributed by atoms with van der Waals surface area (Å²) in [5.41, 5.74) is 5.37. The Balaban J connectivity index is 1.43. The predicted octanol–water partition coefficient (Wildman–Crippen LogP) is 6.39. The Bertz CT molecular complexity index is 1740. The van der Waals surface area contributed by atoms with Crippen molar-refractivity contribution in [1.29, 1.82) is 0 Å². The third-order valence-corrected chi connectivity index (χ3v) is 9.11. The Kier molecular flexibility index (Phi) is 5.77. The van der Waals surface area contributed by atoms with Crippen molar-refractivity contribution in [3.63, 3.8) is 0 Å². The summed E-state index contributed by atoms with van der Waals surface area (Å²) in [5.74, 6) is -1.28. The number of benzene rings is 3. The highest BCUT2D eigenvalue weighted by molar-refractivity contribution is 6.36. The number of hydrogen-bond acceptors (Lipinski definition) is 4. The SMILES string of the molecule is CCCCCN1C(=O)C2=CCc3c4c5c6c(ccc5c5ccc(c2c35)C1=O)C(=O)N(CCCCC)C(=O)C6C=C4. The van der Waals surface area contributed by atoms with Crippen molar-refractivity contribution >= 4 is 56.8 Å². The zero-order valence-electron chi connectivity index (χ0n) is 23.0. The van der Waals surface area contributed by atoms with Gasteiger partial charge >= 0.3 is 0 Å². The number of unbranched alkanes of at least 4 members (excludes halogenated alkanes) is 4. The van der Waals surface area contributed by atoms with E-state index in [1.807, 2.05) is 42.5 Å². The first-order chi connectivity index (χ1) is 19.5. The van der Waals surface area contributed by atoms with Crippen molar-refractivity contribution in [2.75, 3.05) is 13.1 Å². The average Bonchev–Trinajstić information content (AvgIpc) is 2.97. The molecular weight excluding hydrogens is 500 g/mol. The fraction of sp³-hybridized carbons (Fsp3) is 0.353. The molecule has 202 valence electrons. The Labute approximate surface area is 233 Å². The first-order valence-electron chi connectivity index (χ1n) is 14.7. The fourth-order valence-electron chi connectivity index (χ4n) is 7.17. The number of carbonyl (C=O) groups is 4. The maximum atomic E-state index is 13.6. The average molecular weight is 533 g/mol. The molecule has 0 bridgehead atoms. The Morgan fingerprint density at radius 3 is 2.12 bits per heavy atom. The summed E-state index contributed by atoms with van der Waals surface area (Å²) >= 11 is 0. The lowest BCUT2D eigenvalue weighted by Gasteiger charge is -2.36. The third-order valence-electron chi connectivity index (χ3n) is 9.11. The summed E-state index contributed by atoms with van der Waals surface area (Å²) in [5, 5.41) is 3.82. The van der Waals surface area contributed by atoms with E-state index >= 15 is 0 Å². The molecule has 2 aliphatic carbocycles. The zero-order valence-corrected chi connectivity index (χ0v) is 23.0. The Morgan fingerprint density at radius 1 is 0.750 bits per heavy atom. The number of amides is 4. The van der Waals surface area contributed by atoms with Crippen LogP contribution in [0.5, 0.6) is 0 Å². The number of fused-ring (bicyclic) bond motifs is 2. The lowest BCUT2D eigenvalue weighted by molar-refractivity contribution is -0.129. The summed E-state index contributed by atoms with van der Waals surface area (Å²) in [4.78, 5) is 57.1. The third kappa shape index (κ3) is 3.28. The first kappa shape index (κ1) is 24.9. The first-order valence-corrected chi connectivity index (χ1v) is 14.7. The van der Waals surface area contributed by atoms with Crippen LogP contribution in [0.25, 0.3) is 33.2 Å². The second kappa shape index (κ2) is 9.26. The molecule has 0 aromatic heterocycles. The van der Waals surface area contributed by atoms with Gasteiger partial charge in [0.05, 0.1) is 5.92 Å². The standard InChI is InChI=1S/C34H32N2O4/c1-3-5-7-17-35-31(37)23-13-9-19-21-11-15-25-30-26(34(40)36(33(25)39)18-8-6-4-2)16-12-22(28(21)30)20-10-14-24(32(35)38)29(23)27(19)20/h9-11,13-16,24H,3-8,12,17-18H2,1-2H3. The molecule has 0 saturated carbocycles. The van der Waals surface area contributed by atoms with Gasteiger partial charge in [-0.25, -0.2) is 0 Å². The summed E-state index contributed by atoms with van der Waals surface area (Å²) in [7, 11) is 0. The molecule has 6 heteroatoms. The lowest BCUT2D eigenvalue weighted by Crippen LogP contribution is -2.45. The molecule has 2 heterocycles. The number of nitrogens with zero attached hydrogens (tertiary/aromatic N) is 2. The maximum absolute atomic E-state index is 13.6. The molecule has 0 spiro atoms. The van der Waals surface area contributed by atoms with E-state index in [4.69, 9.17) is 0 Å². The number of carbonyl (C=O) groups excluding carboxylic acids is 4. The normalized spacial score (nSPS) is 18.9. The van der Waals surface area contributed by atoms with Crippen LogP contribution in [0.1, 0.15) is 101 Å². The van der Waals surface area contributed by atoms with E-state index in [1.165, 1.54) is 9.80 Å². The fourth-order valence-corrected chi connectivity index (χ4v) is 7.17. The molecule has 7 rings (SSSR count). The summed E-state index contributed by atoms with van der Waals surface area (Å²) in [6, 6.07) is 7.69. The van der Waals surface area contributed by atoms with Crippen LogP contribution in [-0.2, 0) is 16.0 Å². The van der Waals surface area contributed by atoms with Gasteiger partial charge < -0.3 is 0 Å². The van der Waals surface area contributed by atoms with Crippen LogP contribution in [-0.4, -0.2) is 46.5 Å². The van der Waals surface area contributed by atoms with Crippen molar-refractivity contribution in [2.24, 2.45) is 0 Å². The minimum atomic E-state index is -0.484. The second-order valence-electron chi connectivity index (χ2n) is 11.4. The van der Waals surface area contributed by atoms with Crippen LogP contribution in [0.4, 0.5) is 0 Å². The molecule has 1 atom stereocenters. The van der Waals surface area contributed by atoms with E-state index in [-0.39, 0.29) is 23.6 Å². The zero-order chi connectivity index (χ0) is 27.7. The quantitative estimate of drug-likeness (QED) is 0.191. The van der Waals surface area contributed by atoms with Crippen molar-refractivity contribution in [3.05, 3.63) is 69.8 Å². The van der Waals surface area contributed by atoms with E-state index < -0.39 is 5.92 Å². The van der Waals surface area contributed by atoms with Gasteiger partial charge in [-0.2, -0.15) is 0 Å². The highest BCUT2D eigenvalue weighted by Crippen LogP contribution is 2.49. The van der Waals surface area contributed by atoms with E-state index in [9.17, 15) is 19.2 Å². The van der Waals surface area contributed by atoms with Gasteiger partial charge in [-0.05, 0) is 69.6 Å². The van der Waals surface area contributed by atoms with Gasteiger partial charge in [-0.3, -0.25) is 29.0 Å². The van der Waals surface area contributed by atoms with E-state index in [1.54, 1.807) is 0 Å². The minimum Gasteiger partial charge on any atom is -0.278 e. The van der Waals surface area contributed by atoms with Gasteiger partial charge in [-0.15, -0.1) is 0 Å². The van der Waals surface area contributed by atoms with Gasteiger partial charge in [0, 0.05) is 35.4 Å². The van der Waals surface area contributed by atoms with Crippen molar-refractivity contribution < 1.29 is 19.2 Å². The van der Waals surface area contributed by atoms with Crippen molar-refractivity contribution in [2.45, 2.75) is 64.7 Å². The van der Waals surface area contributed by atoms with E-state index in [2.05, 4.69) is 13.8 Å². The highest BCUT2D eigenvalue weighted by atomic mass is 16.2. The highest BCUT2D eigenvalue weighted by Gasteiger charge is 2.42. The number of imide groups is 2. The monoisotopic (exact) mass is 532 g/mol. The molecule has 2 aliphatic heterocycles. The minimum absolute atomic E-state index is 0.149. The smallest absolute Gasteiger partial charge is 0.261 e. The molecule has 1 unspecified atom stereocenters. The summed E-state index contributed by atoms with van der Waals surface area (Å²) in [6.45, 7) is 5.09. The van der Waals surface area contributed by atoms with Gasteiger partial charge in [0.2, 0.25) is 5.91 Å². The van der Waals surface area contributed by atoms with Crippen LogP contribution in [0.3, 0.4) is 0 Å². The maximum Gasteiger partial charge on any atom is 0.261 e. The molecule has 4 amide bonds. The van der Waals surface area contributed by atoms with E-state index in [0.29, 0.717) is 36.2 Å². The molecule has 0 N–H and O–H groups in total. The van der Waals surface area contributed by atoms with Crippen LogP contribution < -0.4 is 0 Å². The topological polar surface area (TPSA) is 74.8 Å². The van der Waals surface area contributed by atoms with E-state index in [0.717, 1.165) is 82.3 Å². The lowest BCUT2D eigenvalue weighted by atomic mass is 9.73. The summed E-state index contributed by atoms with van der Waals surface area (Å²) in [6.07, 6.45) is 12.1. The van der Waals surface area contributed by atoms with Crippen LogP contribution in [0, 0.1) is 0 Å². The van der Waals surface area contributed by atoms with Crippen LogP contribution in [0.15, 0.2) is 36.4 Å². The molecule has 0 saturated heterocycles. The molecule has 3 aromatic carbocycles. The number of hydrogen-bond donors (Lipinski definition) is 0. The molecule has 0 fully saturated rings. The predicted molar refractivity (Wildman–Crippen MR) is 156 cm³/mol. The van der Waals surface area contributed by atoms with Crippen molar-refractivity contribution in [1.82, 2.24) is 9.80 Å². The number of allylic oxidation sites excluding steroid dienone is 1. The Morgan fingerprint density at radius 2 is 1.40 bits per heavy atom. The molecule has 40 heavy (non-hydrogen) atoms. The van der Waals surface area contributed by atoms with Gasteiger partial charge in [0.25, 0.3) is 17.7 Å². The molecule has 3 aromatic rings. The molecular formula is C34H32N2O4. The molecule has 0 radical (unpaired) electrons. The second-order valence-corrected chi connectivity index (χ2v) is 11.4. The van der Waals surface area contributed by atoms with Gasteiger partial charge in [0.1, 0.15) is 0 Å². The molecule has 6 nitrogen and oxygen atoms in total. The van der Waals surface area contributed by atoms with Crippen LogP contribution in [0.2, 0.25) is 0 Å². The van der Waals surface area contributed by atoms with Gasteiger partial charge in [0.15, 0.2) is 0 Å². The number of rotatable bonds is 8. The largest absolute Gasteiger partial charge is 0.278 e. The Hall–Kier alpha value is -4.06. The van der Waals surface area contributed by atoms with Crippen LogP contribution >= 0.6 is 0 Å². The van der Waals surface area contributed by atoms with Gasteiger partial charge in [-0.1, -0.05) is 69.9 Å².